The van der Waals surface area contributed by atoms with E-state index in [4.69, 9.17) is 9.47 Å². The van der Waals surface area contributed by atoms with Gasteiger partial charge in [-0.3, -0.25) is 4.79 Å². The van der Waals surface area contributed by atoms with E-state index in [0.717, 1.165) is 25.7 Å². The van der Waals surface area contributed by atoms with E-state index in [0.29, 0.717) is 23.0 Å². The monoisotopic (exact) mass is 376 g/mol. The highest BCUT2D eigenvalue weighted by molar-refractivity contribution is 5.93. The van der Waals surface area contributed by atoms with E-state index in [-0.39, 0.29) is 35.8 Å². The maximum Gasteiger partial charge on any atom is 0.337 e. The van der Waals surface area contributed by atoms with Crippen LogP contribution >= 0.6 is 0 Å². The highest BCUT2D eigenvalue weighted by Gasteiger charge is 2.55. The molecule has 0 amide bonds. The van der Waals surface area contributed by atoms with Gasteiger partial charge in [0.15, 0.2) is 0 Å². The summed E-state index contributed by atoms with van der Waals surface area (Å²) in [6.07, 6.45) is 4.17. The van der Waals surface area contributed by atoms with Gasteiger partial charge in [-0.25, -0.2) is 4.79 Å². The van der Waals surface area contributed by atoms with Gasteiger partial charge in [-0.1, -0.05) is 25.5 Å². The molecule has 1 N–H and O–H groups in total. The van der Waals surface area contributed by atoms with Gasteiger partial charge >= 0.3 is 11.9 Å². The molecule has 5 heteroatoms. The molecule has 150 valence electrons. The van der Waals surface area contributed by atoms with Gasteiger partial charge in [0, 0.05) is 24.0 Å². The zero-order valence-corrected chi connectivity index (χ0v) is 17.0. The van der Waals surface area contributed by atoms with Crippen LogP contribution in [0.15, 0.2) is 22.8 Å². The lowest BCUT2D eigenvalue weighted by Crippen LogP contribution is -2.38. The Labute approximate surface area is 161 Å². The van der Waals surface area contributed by atoms with Crippen molar-refractivity contribution in [2.75, 3.05) is 0 Å². The van der Waals surface area contributed by atoms with Crippen molar-refractivity contribution >= 4 is 11.9 Å². The second-order valence-corrected chi connectivity index (χ2v) is 8.86. The minimum absolute atomic E-state index is 0.154. The molecule has 0 radical (unpaired) electrons. The normalized spacial score (nSPS) is 36.0. The molecule has 3 rings (SSSR count). The summed E-state index contributed by atoms with van der Waals surface area (Å²) in [5, 5.41) is 10.5. The summed E-state index contributed by atoms with van der Waals surface area (Å²) in [7, 11) is 0. The summed E-state index contributed by atoms with van der Waals surface area (Å²) in [5.41, 5.74) is 2.61. The Balaban J connectivity index is 1.98. The Kier molecular flexibility index (Phi) is 5.80. The van der Waals surface area contributed by atoms with E-state index in [1.54, 1.807) is 0 Å². The molecule has 0 aromatic carbocycles. The van der Waals surface area contributed by atoms with Crippen LogP contribution in [0.4, 0.5) is 0 Å². The van der Waals surface area contributed by atoms with Crippen LogP contribution < -0.4 is 0 Å². The first-order chi connectivity index (χ1) is 12.7. The molecule has 0 bridgehead atoms. The second-order valence-electron chi connectivity index (χ2n) is 8.86. The number of hydrogen-bond acceptors (Lipinski definition) is 5. The predicted octanol–water partition coefficient (Wildman–Crippen LogP) is 3.76. The summed E-state index contributed by atoms with van der Waals surface area (Å²) >= 11 is 0. The third-order valence-electron chi connectivity index (χ3n) is 6.43. The minimum Gasteiger partial charge on any atom is -0.462 e. The first-order valence-corrected chi connectivity index (χ1v) is 10.1. The van der Waals surface area contributed by atoms with Crippen LogP contribution in [0.25, 0.3) is 0 Å². The van der Waals surface area contributed by atoms with Crippen LogP contribution in [-0.4, -0.2) is 29.4 Å². The Morgan fingerprint density at radius 2 is 2.04 bits per heavy atom. The number of esters is 2. The number of aliphatic hydroxyl groups excluding tert-OH is 1. The van der Waals surface area contributed by atoms with Gasteiger partial charge in [-0.05, 0) is 63.2 Å². The third kappa shape index (κ3) is 4.13. The number of rotatable bonds is 5. The molecule has 0 aromatic heterocycles. The molecule has 7 atom stereocenters. The minimum atomic E-state index is -1.21. The van der Waals surface area contributed by atoms with Gasteiger partial charge in [-0.15, -0.1) is 0 Å². The SMILES string of the molecule is CC(=O)O[C@H]1C[C@H](C)[C@H]2C[C@H]2C2=C([C@H]1[C@@H](C)CCC=C(C)C)[C@H](O)OC2=O. The third-order valence-corrected chi connectivity index (χ3v) is 6.43. The smallest absolute Gasteiger partial charge is 0.337 e. The molecule has 5 nitrogen and oxygen atoms in total. The molecule has 0 spiro atoms. The van der Waals surface area contributed by atoms with Crippen LogP contribution in [0.2, 0.25) is 0 Å². The van der Waals surface area contributed by atoms with E-state index in [2.05, 4.69) is 33.8 Å². The van der Waals surface area contributed by atoms with Crippen LogP contribution in [0.5, 0.6) is 0 Å². The molecule has 1 fully saturated rings. The van der Waals surface area contributed by atoms with Gasteiger partial charge in [0.05, 0.1) is 0 Å². The van der Waals surface area contributed by atoms with Gasteiger partial charge in [0.25, 0.3) is 0 Å². The van der Waals surface area contributed by atoms with Crippen molar-refractivity contribution in [1.29, 1.82) is 0 Å². The molecule has 27 heavy (non-hydrogen) atoms. The standard InChI is InChI=1S/C22H32O5/c1-11(2)7-6-8-12(3)18-17(26-14(5)23)9-13(4)15-10-16(15)19-20(18)22(25)27-21(19)24/h7,12-13,15-18,22,25H,6,8-10H2,1-5H3/t12-,13-,15+,16+,17-,18-,22+/m0/s1. The molecule has 0 unspecified atom stereocenters. The van der Waals surface area contributed by atoms with Gasteiger partial charge < -0.3 is 14.6 Å². The average molecular weight is 376 g/mol. The Morgan fingerprint density at radius 1 is 1.33 bits per heavy atom. The summed E-state index contributed by atoms with van der Waals surface area (Å²) in [6.45, 7) is 9.87. The highest BCUT2D eigenvalue weighted by atomic mass is 16.6. The fourth-order valence-electron chi connectivity index (χ4n) is 5.07. The lowest BCUT2D eigenvalue weighted by Gasteiger charge is -2.36. The molecule has 0 saturated heterocycles. The molecule has 1 aliphatic heterocycles. The van der Waals surface area contributed by atoms with Crippen LogP contribution in [-0.2, 0) is 19.1 Å². The van der Waals surface area contributed by atoms with Crippen molar-refractivity contribution < 1.29 is 24.2 Å². The van der Waals surface area contributed by atoms with Crippen molar-refractivity contribution in [3.05, 3.63) is 22.8 Å². The number of carbonyl (C=O) groups excluding carboxylic acids is 2. The molecule has 3 aliphatic rings. The molecule has 0 aromatic rings. The number of cyclic esters (lactones) is 1. The Bertz CT molecular complexity index is 672. The van der Waals surface area contributed by atoms with Crippen molar-refractivity contribution in [3.63, 3.8) is 0 Å². The lowest BCUT2D eigenvalue weighted by atomic mass is 9.73. The number of ether oxygens (including phenoxy) is 2. The maximum absolute atomic E-state index is 12.5. The molecular weight excluding hydrogens is 344 g/mol. The van der Waals surface area contributed by atoms with E-state index in [1.807, 2.05) is 0 Å². The number of fused-ring (bicyclic) bond motifs is 2. The fourth-order valence-corrected chi connectivity index (χ4v) is 5.07. The van der Waals surface area contributed by atoms with Gasteiger partial charge in [-0.2, -0.15) is 0 Å². The summed E-state index contributed by atoms with van der Waals surface area (Å²) in [5.74, 6) is 0.219. The van der Waals surface area contributed by atoms with E-state index < -0.39 is 6.29 Å². The van der Waals surface area contributed by atoms with Crippen molar-refractivity contribution in [3.8, 4) is 0 Å². The van der Waals surface area contributed by atoms with Crippen molar-refractivity contribution in [2.45, 2.75) is 72.7 Å². The largest absolute Gasteiger partial charge is 0.462 e. The molecular formula is C22H32O5. The number of hydrogen-bond donors (Lipinski definition) is 1. The zero-order valence-electron chi connectivity index (χ0n) is 17.0. The average Bonchev–Trinajstić information content (AvgIpc) is 3.26. The highest BCUT2D eigenvalue weighted by Crippen LogP contribution is 2.57. The summed E-state index contributed by atoms with van der Waals surface area (Å²) < 4.78 is 11.0. The van der Waals surface area contributed by atoms with Crippen molar-refractivity contribution in [1.82, 2.24) is 0 Å². The molecule has 1 heterocycles. The topological polar surface area (TPSA) is 72.8 Å². The number of carbonyl (C=O) groups is 2. The lowest BCUT2D eigenvalue weighted by molar-refractivity contribution is -0.156. The van der Waals surface area contributed by atoms with E-state index in [9.17, 15) is 14.7 Å². The Hall–Kier alpha value is -1.62. The number of aliphatic hydroxyl groups is 1. The van der Waals surface area contributed by atoms with E-state index >= 15 is 0 Å². The first-order valence-electron chi connectivity index (χ1n) is 10.1. The molecule has 2 aliphatic carbocycles. The molecule has 1 saturated carbocycles. The second kappa shape index (κ2) is 7.78. The Morgan fingerprint density at radius 3 is 2.67 bits per heavy atom. The number of allylic oxidation sites excluding steroid dienone is 2. The van der Waals surface area contributed by atoms with E-state index in [1.165, 1.54) is 12.5 Å². The van der Waals surface area contributed by atoms with Crippen LogP contribution in [0, 0.1) is 29.6 Å². The van der Waals surface area contributed by atoms with Gasteiger partial charge in [0.1, 0.15) is 6.10 Å². The maximum atomic E-state index is 12.5. The summed E-state index contributed by atoms with van der Waals surface area (Å²) in [6, 6.07) is 0. The quantitative estimate of drug-likeness (QED) is 0.584. The van der Waals surface area contributed by atoms with Gasteiger partial charge in [0.2, 0.25) is 6.29 Å². The zero-order chi connectivity index (χ0) is 19.9. The van der Waals surface area contributed by atoms with Crippen LogP contribution in [0.1, 0.15) is 60.3 Å². The first kappa shape index (κ1) is 20.1. The van der Waals surface area contributed by atoms with Crippen LogP contribution in [0.3, 0.4) is 0 Å². The van der Waals surface area contributed by atoms with Crippen molar-refractivity contribution in [2.24, 2.45) is 29.6 Å². The summed E-state index contributed by atoms with van der Waals surface area (Å²) in [4.78, 5) is 24.3. The predicted molar refractivity (Wildman–Crippen MR) is 101 cm³/mol. The fraction of sp³-hybridized carbons (Fsp3) is 0.727.